The predicted octanol–water partition coefficient (Wildman–Crippen LogP) is 10.7. The quantitative estimate of drug-likeness (QED) is 0.174. The maximum Gasteiger partial charge on any atom is 0.135 e. The number of aliphatic imine (C=N–C) groups is 1. The second-order valence-electron chi connectivity index (χ2n) is 13.6. The molecule has 11 rings (SSSR count). The first kappa shape index (κ1) is 29.1. The van der Waals surface area contributed by atoms with E-state index in [9.17, 15) is 0 Å². The van der Waals surface area contributed by atoms with Crippen LogP contribution < -0.4 is 16.0 Å². The summed E-state index contributed by atoms with van der Waals surface area (Å²) >= 11 is 0. The molecule has 0 spiro atoms. The molecule has 0 amide bonds. The summed E-state index contributed by atoms with van der Waals surface area (Å²) in [5.41, 5.74) is 9.36. The van der Waals surface area contributed by atoms with Crippen LogP contribution in [-0.2, 0) is 6.54 Å². The lowest BCUT2D eigenvalue weighted by molar-refractivity contribution is 0.411. The third kappa shape index (κ3) is 4.51. The Morgan fingerprint density at radius 3 is 2.21 bits per heavy atom. The molecule has 7 aromatic carbocycles. The maximum absolute atomic E-state index is 6.33. The monoisotopic (exact) mass is 672 g/mol. The Bertz CT molecular complexity index is 2950. The van der Waals surface area contributed by atoms with Gasteiger partial charge in [0.2, 0.25) is 0 Å². The van der Waals surface area contributed by atoms with Crippen LogP contribution in [-0.4, -0.2) is 5.84 Å². The summed E-state index contributed by atoms with van der Waals surface area (Å²) in [6.07, 6.45) is 3.57. The van der Waals surface area contributed by atoms with Gasteiger partial charge >= 0.3 is 0 Å². The highest BCUT2D eigenvalue weighted by molar-refractivity contribution is 6.15. The number of nitrogens with one attached hydrogen (secondary N) is 3. The molecule has 2 aliphatic rings. The summed E-state index contributed by atoms with van der Waals surface area (Å²) in [5, 5.41) is 19.0. The Morgan fingerprint density at radius 2 is 1.29 bits per heavy atom. The van der Waals surface area contributed by atoms with E-state index in [1.54, 1.807) is 0 Å². The van der Waals surface area contributed by atoms with Gasteiger partial charge < -0.3 is 19.5 Å². The van der Waals surface area contributed by atoms with Gasteiger partial charge in [0.1, 0.15) is 40.7 Å². The van der Waals surface area contributed by atoms with Gasteiger partial charge in [-0.2, -0.15) is 0 Å². The number of amidine groups is 1. The van der Waals surface area contributed by atoms with Crippen LogP contribution in [0.4, 0.5) is 0 Å². The Hall–Kier alpha value is -6.63. The number of para-hydroxylation sites is 1. The molecule has 6 heteroatoms. The lowest BCUT2D eigenvalue weighted by Gasteiger charge is -2.33. The van der Waals surface area contributed by atoms with Crippen LogP contribution in [0.1, 0.15) is 40.3 Å². The van der Waals surface area contributed by atoms with Crippen molar-refractivity contribution in [1.29, 1.82) is 0 Å². The summed E-state index contributed by atoms with van der Waals surface area (Å²) in [7, 11) is 0. The van der Waals surface area contributed by atoms with Crippen molar-refractivity contribution in [2.75, 3.05) is 0 Å². The maximum atomic E-state index is 6.33. The number of fused-ring (bicyclic) bond motifs is 8. The molecule has 2 aromatic heterocycles. The zero-order chi connectivity index (χ0) is 34.2. The third-order valence-corrected chi connectivity index (χ3v) is 10.6. The van der Waals surface area contributed by atoms with Gasteiger partial charge in [0.05, 0.1) is 6.54 Å². The minimum Gasteiger partial charge on any atom is -0.459 e. The molecule has 2 unspecified atom stereocenters. The first-order valence-electron chi connectivity index (χ1n) is 17.7. The van der Waals surface area contributed by atoms with Crippen molar-refractivity contribution >= 4 is 66.4 Å². The van der Waals surface area contributed by atoms with E-state index in [-0.39, 0.29) is 12.3 Å². The zero-order valence-electron chi connectivity index (χ0n) is 28.1. The standard InChI is InChI=1S/C46H32N4O2/c1-2-10-28-25-29(22-21-27(28)9-1)44-48-45(50-46(49-44)37-17-8-20-40-43(37)35-11-3-4-18-38(35)51-40)34-16-6-12-30-31(13-5-14-32(30)34)33-15-7-19-39-42(33)36-23-24-47-26-41(36)52-39/h1-25,44,46-47,49H,26H2,(H,48,50). The molecule has 3 N–H and O–H groups in total. The lowest BCUT2D eigenvalue weighted by atomic mass is 9.91. The lowest BCUT2D eigenvalue weighted by Crippen LogP contribution is -2.45. The van der Waals surface area contributed by atoms with Crippen LogP contribution in [0.15, 0.2) is 160 Å². The van der Waals surface area contributed by atoms with Gasteiger partial charge in [-0.15, -0.1) is 0 Å². The SMILES string of the molecule is C1=Cc2c(oc3cccc(-c4cccc5c(C6=NC(c7ccc8ccccc8c7)NC(c7cccc8oc9ccccc9c78)N6)cccc45)c23)CN1. The second-order valence-corrected chi connectivity index (χ2v) is 13.6. The van der Waals surface area contributed by atoms with Gasteiger partial charge in [-0.05, 0) is 74.8 Å². The Balaban J connectivity index is 1.10. The minimum absolute atomic E-state index is 0.251. The summed E-state index contributed by atoms with van der Waals surface area (Å²) in [6, 6.07) is 49.2. The molecule has 2 atom stereocenters. The molecule has 248 valence electrons. The van der Waals surface area contributed by atoms with E-state index in [0.29, 0.717) is 6.54 Å². The van der Waals surface area contributed by atoms with Crippen LogP contribution in [0.25, 0.3) is 71.7 Å². The number of hydrogen-bond donors (Lipinski definition) is 3. The fraction of sp³-hybridized carbons (Fsp3) is 0.0652. The van der Waals surface area contributed by atoms with Crippen molar-refractivity contribution in [3.63, 3.8) is 0 Å². The van der Waals surface area contributed by atoms with E-state index in [1.807, 2.05) is 24.4 Å². The van der Waals surface area contributed by atoms with E-state index in [2.05, 4.69) is 143 Å². The van der Waals surface area contributed by atoms with Crippen molar-refractivity contribution < 1.29 is 8.83 Å². The smallest absolute Gasteiger partial charge is 0.135 e. The number of benzene rings is 7. The molecule has 6 nitrogen and oxygen atoms in total. The molecule has 0 saturated carbocycles. The molecule has 0 saturated heterocycles. The van der Waals surface area contributed by atoms with Crippen molar-refractivity contribution in [2.45, 2.75) is 18.9 Å². The van der Waals surface area contributed by atoms with Crippen LogP contribution in [0.2, 0.25) is 0 Å². The van der Waals surface area contributed by atoms with Crippen LogP contribution >= 0.6 is 0 Å². The van der Waals surface area contributed by atoms with Crippen LogP contribution in [0.3, 0.4) is 0 Å². The highest BCUT2D eigenvalue weighted by Gasteiger charge is 2.29. The fourth-order valence-electron chi connectivity index (χ4n) is 8.24. The Labute approximate surface area is 299 Å². The number of rotatable bonds is 4. The zero-order valence-corrected chi connectivity index (χ0v) is 28.1. The first-order valence-corrected chi connectivity index (χ1v) is 17.7. The molecule has 2 aliphatic heterocycles. The molecular formula is C46H32N4O2. The Kier molecular flexibility index (Phi) is 6.42. The number of furan rings is 2. The molecule has 0 bridgehead atoms. The van der Waals surface area contributed by atoms with Gasteiger partial charge in [-0.1, -0.05) is 115 Å². The molecule has 9 aromatic rings. The van der Waals surface area contributed by atoms with Gasteiger partial charge in [0.25, 0.3) is 0 Å². The van der Waals surface area contributed by atoms with Crippen molar-refractivity contribution in [3.05, 3.63) is 174 Å². The molecule has 52 heavy (non-hydrogen) atoms. The van der Waals surface area contributed by atoms with Crippen LogP contribution in [0, 0.1) is 0 Å². The largest absolute Gasteiger partial charge is 0.459 e. The summed E-state index contributed by atoms with van der Waals surface area (Å²) in [4.78, 5) is 5.43. The molecule has 4 heterocycles. The van der Waals surface area contributed by atoms with E-state index in [0.717, 1.165) is 88.7 Å². The first-order chi connectivity index (χ1) is 25.8. The average Bonchev–Trinajstić information content (AvgIpc) is 3.79. The summed E-state index contributed by atoms with van der Waals surface area (Å²) in [5.74, 6) is 1.80. The van der Waals surface area contributed by atoms with Crippen molar-refractivity contribution in [1.82, 2.24) is 16.0 Å². The van der Waals surface area contributed by atoms with E-state index in [4.69, 9.17) is 13.8 Å². The highest BCUT2D eigenvalue weighted by atomic mass is 16.3. The highest BCUT2D eigenvalue weighted by Crippen LogP contribution is 2.41. The predicted molar refractivity (Wildman–Crippen MR) is 211 cm³/mol. The van der Waals surface area contributed by atoms with Crippen molar-refractivity contribution in [2.24, 2.45) is 4.99 Å². The Morgan fingerprint density at radius 1 is 0.577 bits per heavy atom. The van der Waals surface area contributed by atoms with E-state index in [1.165, 1.54) is 10.8 Å². The molecule has 0 aliphatic carbocycles. The second kappa shape index (κ2) is 11.5. The van der Waals surface area contributed by atoms with E-state index >= 15 is 0 Å². The molecule has 0 fully saturated rings. The summed E-state index contributed by atoms with van der Waals surface area (Å²) < 4.78 is 12.6. The van der Waals surface area contributed by atoms with Crippen molar-refractivity contribution in [3.8, 4) is 11.1 Å². The van der Waals surface area contributed by atoms with Gasteiger partial charge in [0, 0.05) is 32.8 Å². The minimum atomic E-state index is -0.302. The van der Waals surface area contributed by atoms with Gasteiger partial charge in [-0.3, -0.25) is 5.32 Å². The molecular weight excluding hydrogens is 641 g/mol. The van der Waals surface area contributed by atoms with Crippen LogP contribution in [0.5, 0.6) is 0 Å². The normalized spacial score (nSPS) is 17.0. The van der Waals surface area contributed by atoms with E-state index < -0.39 is 0 Å². The molecule has 0 radical (unpaired) electrons. The summed E-state index contributed by atoms with van der Waals surface area (Å²) in [6.45, 7) is 0.682. The average molecular weight is 673 g/mol. The van der Waals surface area contributed by atoms with Gasteiger partial charge in [0.15, 0.2) is 0 Å². The third-order valence-electron chi connectivity index (χ3n) is 10.6. The van der Waals surface area contributed by atoms with Gasteiger partial charge in [-0.25, -0.2) is 4.99 Å². The fourth-order valence-corrected chi connectivity index (χ4v) is 8.24. The topological polar surface area (TPSA) is 74.7 Å². The number of nitrogens with zero attached hydrogens (tertiary/aromatic N) is 1. The number of hydrogen-bond acceptors (Lipinski definition) is 6.